The summed E-state index contributed by atoms with van der Waals surface area (Å²) in [5.41, 5.74) is 0.945. The maximum absolute atomic E-state index is 13.1. The Balaban J connectivity index is 1.94. The van der Waals surface area contributed by atoms with Crippen LogP contribution in [0.2, 0.25) is 0 Å². The van der Waals surface area contributed by atoms with Crippen LogP contribution in [-0.4, -0.2) is 69.2 Å². The molecule has 1 aliphatic heterocycles. The van der Waals surface area contributed by atoms with Crippen LogP contribution in [0.25, 0.3) is 0 Å². The summed E-state index contributed by atoms with van der Waals surface area (Å²) in [4.78, 5) is 15.2. The smallest absolute Gasteiger partial charge is 0.259 e. The average molecular weight is 454 g/mol. The van der Waals surface area contributed by atoms with Gasteiger partial charge in [-0.25, -0.2) is 12.7 Å². The molecule has 9 nitrogen and oxygen atoms in total. The molecule has 1 amide bonds. The van der Waals surface area contributed by atoms with Crippen LogP contribution in [0.4, 0.5) is 10.8 Å². The van der Waals surface area contributed by atoms with E-state index in [4.69, 9.17) is 4.74 Å². The zero-order chi connectivity index (χ0) is 21.9. The number of morpholine rings is 1. The summed E-state index contributed by atoms with van der Waals surface area (Å²) in [5.74, 6) is 0.0156. The molecule has 0 bridgehead atoms. The van der Waals surface area contributed by atoms with Gasteiger partial charge in [-0.15, -0.1) is 10.2 Å². The Hall–Kier alpha value is -2.08. The average Bonchev–Trinajstić information content (AvgIpc) is 3.14. The number of benzene rings is 1. The van der Waals surface area contributed by atoms with Crippen molar-refractivity contribution in [3.63, 3.8) is 0 Å². The Bertz CT molecular complexity index is 998. The van der Waals surface area contributed by atoms with Gasteiger partial charge in [0.2, 0.25) is 15.2 Å². The van der Waals surface area contributed by atoms with Gasteiger partial charge in [0, 0.05) is 39.3 Å². The first-order valence-electron chi connectivity index (χ1n) is 9.71. The molecule has 3 rings (SSSR count). The number of nitrogens with zero attached hydrogens (tertiary/aromatic N) is 4. The van der Waals surface area contributed by atoms with E-state index in [-0.39, 0.29) is 10.5 Å². The number of aromatic nitrogens is 2. The van der Waals surface area contributed by atoms with Crippen LogP contribution >= 0.6 is 11.3 Å². The first kappa shape index (κ1) is 22.6. The maximum atomic E-state index is 13.1. The third kappa shape index (κ3) is 5.15. The number of nitrogens with one attached hydrogen (secondary N) is 1. The summed E-state index contributed by atoms with van der Waals surface area (Å²) in [6, 6.07) is 4.63. The van der Waals surface area contributed by atoms with Gasteiger partial charge in [0.15, 0.2) is 0 Å². The molecule has 1 saturated heterocycles. The van der Waals surface area contributed by atoms with E-state index in [0.29, 0.717) is 43.0 Å². The van der Waals surface area contributed by atoms with Gasteiger partial charge in [-0.05, 0) is 24.1 Å². The molecule has 0 unspecified atom stereocenters. The molecule has 164 valence electrons. The molecule has 0 spiro atoms. The van der Waals surface area contributed by atoms with E-state index >= 15 is 0 Å². The normalized spacial score (nSPS) is 15.1. The second-order valence-corrected chi connectivity index (χ2v) is 10.8. The van der Waals surface area contributed by atoms with Crippen molar-refractivity contribution in [3.05, 3.63) is 28.8 Å². The number of rotatable bonds is 7. The highest BCUT2D eigenvalue weighted by molar-refractivity contribution is 7.89. The number of ether oxygens (including phenoxy) is 1. The molecule has 2 heterocycles. The Morgan fingerprint density at radius 2 is 1.97 bits per heavy atom. The molecule has 1 aromatic heterocycles. The standard InChI is InChI=1S/C19H27N5O4S2/c1-13(2)11-17-21-22-19(29-17)20-18(25)15-12-14(30(26,27)23(3)4)5-6-16(15)24-7-9-28-10-8-24/h5-6,12-13H,7-11H2,1-4H3,(H,20,22,25). The highest BCUT2D eigenvalue weighted by Crippen LogP contribution is 2.28. The van der Waals surface area contributed by atoms with E-state index in [1.54, 1.807) is 6.07 Å². The molecule has 11 heteroatoms. The maximum Gasteiger partial charge on any atom is 0.259 e. The number of carbonyl (C=O) groups excluding carboxylic acids is 1. The van der Waals surface area contributed by atoms with E-state index in [1.165, 1.54) is 37.6 Å². The van der Waals surface area contributed by atoms with Gasteiger partial charge in [-0.3, -0.25) is 10.1 Å². The monoisotopic (exact) mass is 453 g/mol. The minimum atomic E-state index is -3.68. The lowest BCUT2D eigenvalue weighted by Gasteiger charge is -2.30. The summed E-state index contributed by atoms with van der Waals surface area (Å²) in [7, 11) is -0.756. The molecular weight excluding hydrogens is 426 g/mol. The fourth-order valence-electron chi connectivity index (χ4n) is 3.05. The first-order valence-corrected chi connectivity index (χ1v) is 12.0. The molecular formula is C19H27N5O4S2. The zero-order valence-corrected chi connectivity index (χ0v) is 19.2. The van der Waals surface area contributed by atoms with Gasteiger partial charge in [0.25, 0.3) is 5.91 Å². The van der Waals surface area contributed by atoms with Crippen LogP contribution in [-0.2, 0) is 21.2 Å². The van der Waals surface area contributed by atoms with Gasteiger partial charge < -0.3 is 9.64 Å². The Morgan fingerprint density at radius 1 is 1.27 bits per heavy atom. The molecule has 0 atom stereocenters. The lowest BCUT2D eigenvalue weighted by Crippen LogP contribution is -2.37. The Kier molecular flexibility index (Phi) is 7.06. The first-order chi connectivity index (χ1) is 14.2. The van der Waals surface area contributed by atoms with Crippen LogP contribution < -0.4 is 10.2 Å². The van der Waals surface area contributed by atoms with E-state index in [0.717, 1.165) is 15.7 Å². The zero-order valence-electron chi connectivity index (χ0n) is 17.6. The second-order valence-electron chi connectivity index (χ2n) is 7.62. The second kappa shape index (κ2) is 9.38. The Labute approximate surface area is 181 Å². The van der Waals surface area contributed by atoms with Crippen molar-refractivity contribution in [2.24, 2.45) is 5.92 Å². The molecule has 30 heavy (non-hydrogen) atoms. The third-order valence-corrected chi connectivity index (χ3v) is 7.29. The van der Waals surface area contributed by atoms with Crippen LogP contribution in [0.3, 0.4) is 0 Å². The number of anilines is 2. The predicted molar refractivity (Wildman–Crippen MR) is 117 cm³/mol. The Morgan fingerprint density at radius 3 is 2.60 bits per heavy atom. The van der Waals surface area contributed by atoms with Crippen LogP contribution in [0.1, 0.15) is 29.2 Å². The predicted octanol–water partition coefficient (Wildman–Crippen LogP) is 2.08. The molecule has 0 aliphatic carbocycles. The summed E-state index contributed by atoms with van der Waals surface area (Å²) in [6.45, 7) is 6.52. The van der Waals surface area contributed by atoms with Crippen molar-refractivity contribution in [2.45, 2.75) is 25.2 Å². The van der Waals surface area contributed by atoms with Crippen LogP contribution in [0.5, 0.6) is 0 Å². The summed E-state index contributed by atoms with van der Waals surface area (Å²) < 4.78 is 31.7. The van der Waals surface area contributed by atoms with E-state index in [9.17, 15) is 13.2 Å². The van der Waals surface area contributed by atoms with Crippen molar-refractivity contribution in [2.75, 3.05) is 50.6 Å². The molecule has 0 radical (unpaired) electrons. The number of carbonyl (C=O) groups is 1. The topological polar surface area (TPSA) is 105 Å². The minimum Gasteiger partial charge on any atom is -0.378 e. The highest BCUT2D eigenvalue weighted by atomic mass is 32.2. The number of amides is 1. The highest BCUT2D eigenvalue weighted by Gasteiger charge is 2.25. The fourth-order valence-corrected chi connectivity index (χ4v) is 4.92. The van der Waals surface area contributed by atoms with Gasteiger partial charge in [0.05, 0.1) is 23.7 Å². The lowest BCUT2D eigenvalue weighted by molar-refractivity contribution is 0.102. The van der Waals surface area contributed by atoms with Crippen LogP contribution in [0.15, 0.2) is 23.1 Å². The van der Waals surface area contributed by atoms with Crippen molar-refractivity contribution < 1.29 is 17.9 Å². The SMILES string of the molecule is CC(C)Cc1nnc(NC(=O)c2cc(S(=O)(=O)N(C)C)ccc2N2CCOCC2)s1. The molecule has 1 aromatic carbocycles. The van der Waals surface area contributed by atoms with Crippen molar-refractivity contribution >= 4 is 38.1 Å². The largest absolute Gasteiger partial charge is 0.378 e. The third-order valence-electron chi connectivity index (χ3n) is 4.61. The number of hydrogen-bond acceptors (Lipinski definition) is 8. The lowest BCUT2D eigenvalue weighted by atomic mass is 10.1. The van der Waals surface area contributed by atoms with Gasteiger partial charge >= 0.3 is 0 Å². The van der Waals surface area contributed by atoms with Crippen LogP contribution in [0, 0.1) is 5.92 Å². The molecule has 1 N–H and O–H groups in total. The number of hydrogen-bond donors (Lipinski definition) is 1. The van der Waals surface area contributed by atoms with Gasteiger partial charge in [0.1, 0.15) is 5.01 Å². The van der Waals surface area contributed by atoms with Crippen molar-refractivity contribution in [1.29, 1.82) is 0 Å². The summed E-state index contributed by atoms with van der Waals surface area (Å²) in [5, 5.41) is 12.2. The molecule has 0 saturated carbocycles. The number of sulfonamides is 1. The summed E-state index contributed by atoms with van der Waals surface area (Å²) in [6.07, 6.45) is 0.781. The summed E-state index contributed by atoms with van der Waals surface area (Å²) >= 11 is 1.33. The van der Waals surface area contributed by atoms with Crippen molar-refractivity contribution in [1.82, 2.24) is 14.5 Å². The van der Waals surface area contributed by atoms with Gasteiger partial charge in [-0.2, -0.15) is 0 Å². The molecule has 1 fully saturated rings. The van der Waals surface area contributed by atoms with E-state index in [2.05, 4.69) is 29.4 Å². The minimum absolute atomic E-state index is 0.0624. The van der Waals surface area contributed by atoms with Crippen molar-refractivity contribution in [3.8, 4) is 0 Å². The fraction of sp³-hybridized carbons (Fsp3) is 0.526. The van der Waals surface area contributed by atoms with E-state index < -0.39 is 15.9 Å². The van der Waals surface area contributed by atoms with Gasteiger partial charge in [-0.1, -0.05) is 25.2 Å². The molecule has 1 aliphatic rings. The quantitative estimate of drug-likeness (QED) is 0.684. The molecule has 2 aromatic rings. The van der Waals surface area contributed by atoms with E-state index in [1.807, 2.05) is 4.90 Å².